The summed E-state index contributed by atoms with van der Waals surface area (Å²) in [6.07, 6.45) is 6.24. The smallest absolute Gasteiger partial charge is 0.319 e. The van der Waals surface area contributed by atoms with E-state index in [1.54, 1.807) is 36.3 Å². The van der Waals surface area contributed by atoms with E-state index in [-0.39, 0.29) is 11.9 Å². The Morgan fingerprint density at radius 3 is 2.76 bits per heavy atom. The molecule has 1 N–H and O–H groups in total. The van der Waals surface area contributed by atoms with Crippen molar-refractivity contribution in [2.45, 2.75) is 31.8 Å². The average Bonchev–Trinajstić information content (AvgIpc) is 3.29. The zero-order valence-electron chi connectivity index (χ0n) is 12.4. The zero-order chi connectivity index (χ0) is 15.0. The molecular weight excluding hydrogens is 268 g/mol. The van der Waals surface area contributed by atoms with Gasteiger partial charge in [-0.1, -0.05) is 0 Å². The first-order chi connectivity index (χ1) is 10.1. The first kappa shape index (κ1) is 13.9. The normalized spacial score (nSPS) is 17.1. The van der Waals surface area contributed by atoms with Crippen LogP contribution in [0.5, 0.6) is 0 Å². The molecule has 1 aromatic rings. The monoisotopic (exact) mass is 288 g/mol. The largest absolute Gasteiger partial charge is 0.349 e. The van der Waals surface area contributed by atoms with Crippen LogP contribution < -0.4 is 5.32 Å². The number of carbonyl (C=O) groups excluding carboxylic acids is 2. The van der Waals surface area contributed by atoms with Crippen molar-refractivity contribution >= 4 is 11.9 Å². The Labute approximate surface area is 124 Å². The molecule has 0 bridgehead atoms. The van der Waals surface area contributed by atoms with Gasteiger partial charge in [-0.25, -0.2) is 4.79 Å². The van der Waals surface area contributed by atoms with Gasteiger partial charge in [0.1, 0.15) is 0 Å². The van der Waals surface area contributed by atoms with E-state index in [9.17, 15) is 9.59 Å². The summed E-state index contributed by atoms with van der Waals surface area (Å²) >= 11 is 0. The fourth-order valence-electron chi connectivity index (χ4n) is 2.63. The van der Waals surface area contributed by atoms with Gasteiger partial charge in [0.05, 0.1) is 5.56 Å². The second-order valence-electron chi connectivity index (χ2n) is 5.92. The van der Waals surface area contributed by atoms with Crippen LogP contribution in [0.1, 0.15) is 34.3 Å². The molecule has 6 nitrogen and oxygen atoms in total. The summed E-state index contributed by atoms with van der Waals surface area (Å²) in [7, 11) is 3.49. The van der Waals surface area contributed by atoms with Gasteiger partial charge < -0.3 is 15.1 Å². The number of hydrogen-bond donors (Lipinski definition) is 1. The third kappa shape index (κ3) is 2.84. The minimum atomic E-state index is -0.0331. The maximum absolute atomic E-state index is 12.3. The van der Waals surface area contributed by atoms with Crippen molar-refractivity contribution in [1.82, 2.24) is 20.1 Å². The summed E-state index contributed by atoms with van der Waals surface area (Å²) < 4.78 is 0. The third-order valence-electron chi connectivity index (χ3n) is 3.95. The van der Waals surface area contributed by atoms with E-state index in [2.05, 4.69) is 10.3 Å². The Balaban J connectivity index is 1.80. The van der Waals surface area contributed by atoms with E-state index in [1.807, 2.05) is 0 Å². The van der Waals surface area contributed by atoms with Crippen molar-refractivity contribution in [3.63, 3.8) is 0 Å². The molecule has 6 heteroatoms. The van der Waals surface area contributed by atoms with Gasteiger partial charge in [0, 0.05) is 45.6 Å². The van der Waals surface area contributed by atoms with Crippen molar-refractivity contribution in [1.29, 1.82) is 0 Å². The lowest BCUT2D eigenvalue weighted by molar-refractivity contribution is 0.0949. The molecule has 3 amide bonds. The van der Waals surface area contributed by atoms with Crippen LogP contribution in [0.25, 0.3) is 0 Å². The molecule has 2 heterocycles. The molecule has 1 fully saturated rings. The van der Waals surface area contributed by atoms with Crippen LogP contribution in [0, 0.1) is 0 Å². The Morgan fingerprint density at radius 1 is 1.33 bits per heavy atom. The molecule has 1 aliphatic carbocycles. The Bertz CT molecular complexity index is 581. The highest BCUT2D eigenvalue weighted by atomic mass is 16.2. The maximum atomic E-state index is 12.3. The van der Waals surface area contributed by atoms with Crippen LogP contribution >= 0.6 is 0 Å². The standard InChI is InChI=1S/C15H20N4O2/c1-18(2)15(21)19-6-5-12-10(9-19)7-16-8-13(12)14(20)17-11-3-4-11/h7-8,11H,3-6,9H2,1-2H3,(H,17,20). The summed E-state index contributed by atoms with van der Waals surface area (Å²) in [4.78, 5) is 31.8. The van der Waals surface area contributed by atoms with Gasteiger partial charge in [-0.15, -0.1) is 0 Å². The van der Waals surface area contributed by atoms with E-state index in [0.717, 1.165) is 24.0 Å². The first-order valence-electron chi connectivity index (χ1n) is 7.29. The maximum Gasteiger partial charge on any atom is 0.319 e. The van der Waals surface area contributed by atoms with Crippen molar-refractivity contribution in [2.75, 3.05) is 20.6 Å². The predicted octanol–water partition coefficient (Wildman–Crippen LogP) is 1.01. The summed E-state index contributed by atoms with van der Waals surface area (Å²) in [5.41, 5.74) is 2.67. The number of nitrogens with one attached hydrogen (secondary N) is 1. The SMILES string of the molecule is CN(C)C(=O)N1CCc2c(cncc2C(=O)NC2CC2)C1. The molecule has 3 rings (SSSR count). The van der Waals surface area contributed by atoms with Gasteiger partial charge in [-0.3, -0.25) is 9.78 Å². The van der Waals surface area contributed by atoms with Gasteiger partial charge >= 0.3 is 6.03 Å². The molecule has 0 radical (unpaired) electrons. The molecule has 1 aromatic heterocycles. The Hall–Kier alpha value is -2.11. The lowest BCUT2D eigenvalue weighted by Gasteiger charge is -2.31. The van der Waals surface area contributed by atoms with Crippen LogP contribution in [-0.4, -0.2) is 53.4 Å². The summed E-state index contributed by atoms with van der Waals surface area (Å²) in [5, 5.41) is 3.00. The first-order valence-corrected chi connectivity index (χ1v) is 7.29. The predicted molar refractivity (Wildman–Crippen MR) is 77.9 cm³/mol. The van der Waals surface area contributed by atoms with Gasteiger partial charge in [-0.2, -0.15) is 0 Å². The minimum absolute atomic E-state index is 0.00603. The summed E-state index contributed by atoms with van der Waals surface area (Å²) in [5.74, 6) is -0.0331. The lowest BCUT2D eigenvalue weighted by Crippen LogP contribution is -2.42. The van der Waals surface area contributed by atoms with Crippen LogP contribution in [0.4, 0.5) is 4.79 Å². The molecule has 21 heavy (non-hydrogen) atoms. The van der Waals surface area contributed by atoms with E-state index in [1.165, 1.54) is 0 Å². The number of nitrogens with zero attached hydrogens (tertiary/aromatic N) is 3. The van der Waals surface area contributed by atoms with Gasteiger partial charge in [0.25, 0.3) is 5.91 Å². The molecule has 1 aliphatic heterocycles. The number of carbonyl (C=O) groups is 2. The zero-order valence-corrected chi connectivity index (χ0v) is 12.4. The van der Waals surface area contributed by atoms with Crippen LogP contribution in [-0.2, 0) is 13.0 Å². The molecular formula is C15H20N4O2. The van der Waals surface area contributed by atoms with Gasteiger partial charge in [-0.05, 0) is 30.4 Å². The number of pyridine rings is 1. The highest BCUT2D eigenvalue weighted by molar-refractivity contribution is 5.96. The molecule has 0 atom stereocenters. The van der Waals surface area contributed by atoms with Crippen molar-refractivity contribution in [2.24, 2.45) is 0 Å². The van der Waals surface area contributed by atoms with Crippen molar-refractivity contribution in [3.8, 4) is 0 Å². The number of aromatic nitrogens is 1. The fraction of sp³-hybridized carbons (Fsp3) is 0.533. The second kappa shape index (κ2) is 5.35. The van der Waals surface area contributed by atoms with Crippen molar-refractivity contribution < 1.29 is 9.59 Å². The van der Waals surface area contributed by atoms with E-state index in [4.69, 9.17) is 0 Å². The van der Waals surface area contributed by atoms with E-state index >= 15 is 0 Å². The summed E-state index contributed by atoms with van der Waals surface area (Å²) in [6.45, 7) is 1.15. The highest BCUT2D eigenvalue weighted by Gasteiger charge is 2.28. The topological polar surface area (TPSA) is 65.5 Å². The van der Waals surface area contributed by atoms with Crippen LogP contribution in [0.2, 0.25) is 0 Å². The molecule has 112 valence electrons. The van der Waals surface area contributed by atoms with Gasteiger partial charge in [0.2, 0.25) is 0 Å². The summed E-state index contributed by atoms with van der Waals surface area (Å²) in [6, 6.07) is 0.331. The minimum Gasteiger partial charge on any atom is -0.349 e. The third-order valence-corrected chi connectivity index (χ3v) is 3.95. The van der Waals surface area contributed by atoms with Crippen LogP contribution in [0.3, 0.4) is 0 Å². The molecule has 0 saturated heterocycles. The molecule has 2 aliphatic rings. The fourth-order valence-corrected chi connectivity index (χ4v) is 2.63. The average molecular weight is 288 g/mol. The van der Waals surface area contributed by atoms with Crippen molar-refractivity contribution in [3.05, 3.63) is 29.1 Å². The highest BCUT2D eigenvalue weighted by Crippen LogP contribution is 2.24. The number of amides is 3. The molecule has 0 unspecified atom stereocenters. The lowest BCUT2D eigenvalue weighted by atomic mass is 9.97. The second-order valence-corrected chi connectivity index (χ2v) is 5.92. The molecule has 0 spiro atoms. The number of urea groups is 1. The van der Waals surface area contributed by atoms with Gasteiger partial charge in [0.15, 0.2) is 0 Å². The van der Waals surface area contributed by atoms with E-state index < -0.39 is 0 Å². The molecule has 1 saturated carbocycles. The number of fused-ring (bicyclic) bond motifs is 1. The molecule has 0 aromatic carbocycles. The number of hydrogen-bond acceptors (Lipinski definition) is 3. The Kier molecular flexibility index (Phi) is 3.53. The van der Waals surface area contributed by atoms with E-state index in [0.29, 0.717) is 31.1 Å². The Morgan fingerprint density at radius 2 is 2.10 bits per heavy atom. The van der Waals surface area contributed by atoms with Crippen LogP contribution in [0.15, 0.2) is 12.4 Å². The quantitative estimate of drug-likeness (QED) is 0.883. The number of rotatable bonds is 2.